The van der Waals surface area contributed by atoms with Gasteiger partial charge in [0.1, 0.15) is 12.1 Å². The van der Waals surface area contributed by atoms with Gasteiger partial charge in [-0.15, -0.1) is 0 Å². The molecule has 1 aromatic carbocycles. The molecule has 0 saturated carbocycles. The molecule has 1 aromatic rings. The van der Waals surface area contributed by atoms with Crippen molar-refractivity contribution in [2.75, 3.05) is 57.9 Å². The molecule has 1 aliphatic rings. The molecule has 0 spiro atoms. The van der Waals surface area contributed by atoms with Crippen molar-refractivity contribution in [1.82, 2.24) is 9.80 Å². The fourth-order valence-corrected chi connectivity index (χ4v) is 3.15. The van der Waals surface area contributed by atoms with Crippen LogP contribution in [0.5, 0.6) is 0 Å². The summed E-state index contributed by atoms with van der Waals surface area (Å²) in [4.78, 5) is 42.0. The van der Waals surface area contributed by atoms with Crippen molar-refractivity contribution in [3.8, 4) is 0 Å². The summed E-state index contributed by atoms with van der Waals surface area (Å²) in [5.74, 6) is -0.0662. The molecule has 0 bridgehead atoms. The van der Waals surface area contributed by atoms with Crippen LogP contribution in [-0.2, 0) is 14.3 Å². The molecule has 1 heterocycles. The summed E-state index contributed by atoms with van der Waals surface area (Å²) in [6.45, 7) is 10.0. The third-order valence-corrected chi connectivity index (χ3v) is 4.81. The number of ketones is 1. The van der Waals surface area contributed by atoms with Gasteiger partial charge in [0.25, 0.3) is 0 Å². The number of Topliss-reactive ketones (excluding diaryl/α,β-unsaturated/α-hetero) is 1. The number of amides is 2. The molecule has 0 N–H and O–H groups in total. The fourth-order valence-electron chi connectivity index (χ4n) is 3.15. The molecular weight excluding hydrogens is 386 g/mol. The Morgan fingerprint density at radius 1 is 1.03 bits per heavy atom. The number of hydrogen-bond acceptors (Lipinski definition) is 6. The number of methoxy groups -OCH3 is 1. The summed E-state index contributed by atoms with van der Waals surface area (Å²) >= 11 is 0. The number of benzene rings is 1. The van der Waals surface area contributed by atoms with Crippen LogP contribution >= 0.6 is 0 Å². The maximum Gasteiger partial charge on any atom is 0.410 e. The third kappa shape index (κ3) is 7.02. The highest BCUT2D eigenvalue weighted by atomic mass is 16.6. The van der Waals surface area contributed by atoms with Gasteiger partial charge in [-0.3, -0.25) is 14.5 Å². The van der Waals surface area contributed by atoms with Gasteiger partial charge in [0, 0.05) is 51.1 Å². The van der Waals surface area contributed by atoms with Crippen LogP contribution in [0.2, 0.25) is 0 Å². The van der Waals surface area contributed by atoms with Gasteiger partial charge in [-0.05, 0) is 52.0 Å². The molecule has 8 heteroatoms. The van der Waals surface area contributed by atoms with Crippen molar-refractivity contribution in [2.45, 2.75) is 33.3 Å². The lowest BCUT2D eigenvalue weighted by molar-refractivity contribution is -0.132. The Balaban J connectivity index is 1.92. The number of carbonyl (C=O) groups is 3. The zero-order chi connectivity index (χ0) is 22.3. The smallest absolute Gasteiger partial charge is 0.410 e. The molecule has 2 rings (SSSR count). The van der Waals surface area contributed by atoms with Crippen molar-refractivity contribution < 1.29 is 23.9 Å². The van der Waals surface area contributed by atoms with Gasteiger partial charge < -0.3 is 19.3 Å². The van der Waals surface area contributed by atoms with Crippen LogP contribution in [-0.4, -0.2) is 86.2 Å². The lowest BCUT2D eigenvalue weighted by Crippen LogP contribution is -2.52. The standard InChI is InChI=1S/C22H33N3O5/c1-17(26)18-6-8-19(9-7-18)23-10-12-24(13-11-23)20(27)16-25(14-15-29-5)21(28)30-22(2,3)4/h6-9H,10-16H2,1-5H3. The minimum atomic E-state index is -0.630. The first-order valence-electron chi connectivity index (χ1n) is 10.2. The van der Waals surface area contributed by atoms with E-state index in [1.807, 2.05) is 24.3 Å². The minimum Gasteiger partial charge on any atom is -0.444 e. The first kappa shape index (κ1) is 23.7. The molecular formula is C22H33N3O5. The second-order valence-electron chi connectivity index (χ2n) is 8.37. The van der Waals surface area contributed by atoms with E-state index in [9.17, 15) is 14.4 Å². The first-order chi connectivity index (χ1) is 14.1. The van der Waals surface area contributed by atoms with Crippen LogP contribution in [0.3, 0.4) is 0 Å². The average Bonchev–Trinajstić information content (AvgIpc) is 2.69. The normalized spacial score (nSPS) is 14.4. The van der Waals surface area contributed by atoms with Crippen molar-refractivity contribution in [1.29, 1.82) is 0 Å². The molecule has 0 aromatic heterocycles. The van der Waals surface area contributed by atoms with Crippen LogP contribution in [0.15, 0.2) is 24.3 Å². The van der Waals surface area contributed by atoms with E-state index < -0.39 is 11.7 Å². The lowest BCUT2D eigenvalue weighted by atomic mass is 10.1. The number of ether oxygens (including phenoxy) is 2. The number of hydrogen-bond donors (Lipinski definition) is 0. The van der Waals surface area contributed by atoms with Crippen LogP contribution in [0.1, 0.15) is 38.1 Å². The Morgan fingerprint density at radius 3 is 2.13 bits per heavy atom. The molecule has 0 unspecified atom stereocenters. The van der Waals surface area contributed by atoms with Crippen LogP contribution < -0.4 is 4.90 Å². The van der Waals surface area contributed by atoms with Crippen molar-refractivity contribution in [2.24, 2.45) is 0 Å². The maximum absolute atomic E-state index is 12.8. The Morgan fingerprint density at radius 2 is 1.63 bits per heavy atom. The predicted octanol–water partition coefficient (Wildman–Crippen LogP) is 2.42. The van der Waals surface area contributed by atoms with Gasteiger partial charge in [-0.25, -0.2) is 4.79 Å². The van der Waals surface area contributed by atoms with Gasteiger partial charge in [0.2, 0.25) is 5.91 Å². The first-order valence-corrected chi connectivity index (χ1v) is 10.2. The fraction of sp³-hybridized carbons (Fsp3) is 0.591. The van der Waals surface area contributed by atoms with E-state index in [-0.39, 0.29) is 18.2 Å². The number of piperazine rings is 1. The summed E-state index contributed by atoms with van der Waals surface area (Å²) in [5.41, 5.74) is 1.09. The zero-order valence-corrected chi connectivity index (χ0v) is 18.6. The highest BCUT2D eigenvalue weighted by molar-refractivity contribution is 5.94. The van der Waals surface area contributed by atoms with Crippen molar-refractivity contribution >= 4 is 23.5 Å². The maximum atomic E-state index is 12.8. The Bertz CT molecular complexity index is 734. The second-order valence-corrected chi connectivity index (χ2v) is 8.37. The number of rotatable bonds is 7. The highest BCUT2D eigenvalue weighted by Gasteiger charge is 2.27. The predicted molar refractivity (Wildman–Crippen MR) is 115 cm³/mol. The minimum absolute atomic E-state index is 0.0361. The second kappa shape index (κ2) is 10.4. The highest BCUT2D eigenvalue weighted by Crippen LogP contribution is 2.18. The van der Waals surface area contributed by atoms with Crippen molar-refractivity contribution in [3.05, 3.63) is 29.8 Å². The largest absolute Gasteiger partial charge is 0.444 e. The zero-order valence-electron chi connectivity index (χ0n) is 18.6. The average molecular weight is 420 g/mol. The van der Waals surface area contributed by atoms with Gasteiger partial charge in [0.15, 0.2) is 5.78 Å². The molecule has 0 atom stereocenters. The SMILES string of the molecule is COCCN(CC(=O)N1CCN(c2ccc(C(C)=O)cc2)CC1)C(=O)OC(C)(C)C. The molecule has 30 heavy (non-hydrogen) atoms. The van der Waals surface area contributed by atoms with E-state index in [0.29, 0.717) is 44.9 Å². The quantitative estimate of drug-likeness (QED) is 0.632. The van der Waals surface area contributed by atoms with Gasteiger partial charge >= 0.3 is 6.09 Å². The number of nitrogens with zero attached hydrogens (tertiary/aromatic N) is 3. The van der Waals surface area contributed by atoms with Crippen LogP contribution in [0.4, 0.5) is 10.5 Å². The Kier molecular flexibility index (Phi) is 8.23. The topological polar surface area (TPSA) is 79.4 Å². The van der Waals surface area contributed by atoms with E-state index in [0.717, 1.165) is 5.69 Å². The Hall–Kier alpha value is -2.61. The lowest BCUT2D eigenvalue weighted by Gasteiger charge is -2.37. The number of anilines is 1. The summed E-state index contributed by atoms with van der Waals surface area (Å²) < 4.78 is 10.5. The third-order valence-electron chi connectivity index (χ3n) is 4.81. The van der Waals surface area contributed by atoms with E-state index in [2.05, 4.69) is 4.90 Å². The molecule has 1 saturated heterocycles. The molecule has 0 aliphatic carbocycles. The Labute approximate surface area is 178 Å². The molecule has 2 amide bonds. The molecule has 1 aliphatic heterocycles. The van der Waals surface area contributed by atoms with Crippen LogP contribution in [0, 0.1) is 0 Å². The van der Waals surface area contributed by atoms with Crippen LogP contribution in [0.25, 0.3) is 0 Å². The summed E-state index contributed by atoms with van der Waals surface area (Å²) in [5, 5.41) is 0. The summed E-state index contributed by atoms with van der Waals surface area (Å²) in [6, 6.07) is 7.51. The summed E-state index contributed by atoms with van der Waals surface area (Å²) in [6.07, 6.45) is -0.517. The van der Waals surface area contributed by atoms with Gasteiger partial charge in [-0.1, -0.05) is 0 Å². The van der Waals surface area contributed by atoms with E-state index in [1.165, 1.54) is 4.90 Å². The van der Waals surface area contributed by atoms with E-state index in [1.54, 1.807) is 39.7 Å². The van der Waals surface area contributed by atoms with Gasteiger partial charge in [0.05, 0.1) is 6.61 Å². The van der Waals surface area contributed by atoms with E-state index >= 15 is 0 Å². The molecule has 0 radical (unpaired) electrons. The summed E-state index contributed by atoms with van der Waals surface area (Å²) in [7, 11) is 1.55. The number of carbonyl (C=O) groups excluding carboxylic acids is 3. The van der Waals surface area contributed by atoms with E-state index in [4.69, 9.17) is 9.47 Å². The molecule has 1 fully saturated rings. The molecule has 166 valence electrons. The monoisotopic (exact) mass is 419 g/mol. The van der Waals surface area contributed by atoms with Gasteiger partial charge in [-0.2, -0.15) is 0 Å². The van der Waals surface area contributed by atoms with Crippen molar-refractivity contribution in [3.63, 3.8) is 0 Å². The molecule has 8 nitrogen and oxygen atoms in total.